The van der Waals surface area contributed by atoms with Gasteiger partial charge in [-0.2, -0.15) is 13.2 Å². The quantitative estimate of drug-likeness (QED) is 0.774. The molecule has 4 heteroatoms. The van der Waals surface area contributed by atoms with E-state index in [1.807, 2.05) is 6.07 Å². The molecular formula is C14H10F3N. The minimum absolute atomic E-state index is 0.212. The molecule has 0 saturated heterocycles. The molecule has 0 aliphatic carbocycles. The number of hydrogen-bond acceptors (Lipinski definition) is 1. The molecule has 0 aliphatic rings. The van der Waals surface area contributed by atoms with Crippen LogP contribution in [0.25, 0.3) is 0 Å². The van der Waals surface area contributed by atoms with Crippen molar-refractivity contribution in [3.63, 3.8) is 0 Å². The van der Waals surface area contributed by atoms with Crippen LogP contribution in [0.4, 0.5) is 13.2 Å². The van der Waals surface area contributed by atoms with Crippen LogP contribution in [-0.2, 0) is 6.18 Å². The van der Waals surface area contributed by atoms with Gasteiger partial charge in [0.15, 0.2) is 0 Å². The average molecular weight is 249 g/mol. The third kappa shape index (κ3) is 2.59. The van der Waals surface area contributed by atoms with Crippen molar-refractivity contribution in [2.24, 2.45) is 0 Å². The zero-order valence-corrected chi connectivity index (χ0v) is 9.33. The minimum atomic E-state index is -4.34. The normalized spacial score (nSPS) is 11.3. The summed E-state index contributed by atoms with van der Waals surface area (Å²) in [4.78, 5) is 0. The van der Waals surface area contributed by atoms with Gasteiger partial charge in [0.05, 0.1) is 11.3 Å². The van der Waals surface area contributed by atoms with Gasteiger partial charge in [0.25, 0.3) is 0 Å². The summed E-state index contributed by atoms with van der Waals surface area (Å²) in [5.41, 5.74) is 0.655. The third-order valence-corrected chi connectivity index (χ3v) is 2.56. The summed E-state index contributed by atoms with van der Waals surface area (Å²) in [5.74, 6) is 0. The van der Waals surface area contributed by atoms with Gasteiger partial charge in [0, 0.05) is 5.56 Å². The molecule has 0 bridgehead atoms. The van der Waals surface area contributed by atoms with Crippen LogP contribution in [0.15, 0.2) is 54.6 Å². The summed E-state index contributed by atoms with van der Waals surface area (Å²) in [7, 11) is 0. The minimum Gasteiger partial charge on any atom is -0.300 e. The summed E-state index contributed by atoms with van der Waals surface area (Å²) < 4.78 is 37.2. The van der Waals surface area contributed by atoms with E-state index < -0.39 is 11.7 Å². The Labute approximate surface area is 102 Å². The molecule has 92 valence electrons. The van der Waals surface area contributed by atoms with Gasteiger partial charge >= 0.3 is 6.18 Å². The number of halogens is 3. The summed E-state index contributed by atoms with van der Waals surface area (Å²) in [5, 5.41) is 7.92. The van der Waals surface area contributed by atoms with E-state index in [9.17, 15) is 13.2 Å². The van der Waals surface area contributed by atoms with E-state index >= 15 is 0 Å². The average Bonchev–Trinajstić information content (AvgIpc) is 2.38. The Balaban J connectivity index is 2.28. The van der Waals surface area contributed by atoms with E-state index in [4.69, 9.17) is 5.41 Å². The maximum atomic E-state index is 12.4. The van der Waals surface area contributed by atoms with Crippen LogP contribution in [0.1, 0.15) is 16.7 Å². The topological polar surface area (TPSA) is 23.9 Å². The van der Waals surface area contributed by atoms with Crippen LogP contribution in [0.5, 0.6) is 0 Å². The molecule has 2 aromatic rings. The Morgan fingerprint density at radius 1 is 0.778 bits per heavy atom. The Bertz CT molecular complexity index is 542. The van der Waals surface area contributed by atoms with Crippen molar-refractivity contribution in [2.75, 3.05) is 0 Å². The Morgan fingerprint density at radius 3 is 1.78 bits per heavy atom. The van der Waals surface area contributed by atoms with Gasteiger partial charge in [0.2, 0.25) is 0 Å². The molecule has 0 saturated carbocycles. The molecule has 0 radical (unpaired) electrons. The predicted molar refractivity (Wildman–Crippen MR) is 63.8 cm³/mol. The molecule has 2 aromatic carbocycles. The molecule has 0 fully saturated rings. The fourth-order valence-electron chi connectivity index (χ4n) is 1.60. The number of rotatable bonds is 2. The summed E-state index contributed by atoms with van der Waals surface area (Å²) in [6.07, 6.45) is -4.34. The molecule has 2 rings (SSSR count). The Morgan fingerprint density at radius 2 is 1.28 bits per heavy atom. The highest BCUT2D eigenvalue weighted by atomic mass is 19.4. The molecule has 0 unspecified atom stereocenters. The zero-order valence-electron chi connectivity index (χ0n) is 9.33. The maximum Gasteiger partial charge on any atom is 0.416 e. The zero-order chi connectivity index (χ0) is 13.2. The highest BCUT2D eigenvalue weighted by molar-refractivity contribution is 6.10. The molecule has 0 heterocycles. The van der Waals surface area contributed by atoms with Crippen molar-refractivity contribution >= 4 is 5.71 Å². The van der Waals surface area contributed by atoms with Gasteiger partial charge in [-0.1, -0.05) is 42.5 Å². The number of alkyl halides is 3. The lowest BCUT2D eigenvalue weighted by atomic mass is 10.0. The van der Waals surface area contributed by atoms with Crippen molar-refractivity contribution in [1.82, 2.24) is 0 Å². The lowest BCUT2D eigenvalue weighted by Crippen LogP contribution is -2.06. The smallest absolute Gasteiger partial charge is 0.300 e. The van der Waals surface area contributed by atoms with E-state index in [0.717, 1.165) is 12.1 Å². The first-order valence-electron chi connectivity index (χ1n) is 5.30. The van der Waals surface area contributed by atoms with Crippen LogP contribution in [-0.4, -0.2) is 5.71 Å². The van der Waals surface area contributed by atoms with Gasteiger partial charge < -0.3 is 0 Å². The molecule has 0 aliphatic heterocycles. The Kier molecular flexibility index (Phi) is 3.19. The highest BCUT2D eigenvalue weighted by Gasteiger charge is 2.30. The number of nitrogens with one attached hydrogen (secondary N) is 1. The SMILES string of the molecule is N=C(c1ccccc1)c1ccc(C(F)(F)F)cc1. The van der Waals surface area contributed by atoms with Crippen molar-refractivity contribution in [3.8, 4) is 0 Å². The summed E-state index contributed by atoms with van der Waals surface area (Å²) >= 11 is 0. The van der Waals surface area contributed by atoms with E-state index in [1.54, 1.807) is 24.3 Å². The van der Waals surface area contributed by atoms with Crippen molar-refractivity contribution in [2.45, 2.75) is 6.18 Å². The first kappa shape index (κ1) is 12.4. The van der Waals surface area contributed by atoms with Gasteiger partial charge in [-0.05, 0) is 17.7 Å². The second-order valence-electron chi connectivity index (χ2n) is 3.82. The van der Waals surface area contributed by atoms with Crippen LogP contribution >= 0.6 is 0 Å². The Hall–Kier alpha value is -2.10. The third-order valence-electron chi connectivity index (χ3n) is 2.56. The highest BCUT2D eigenvalue weighted by Crippen LogP contribution is 2.29. The summed E-state index contributed by atoms with van der Waals surface area (Å²) in [6, 6.07) is 13.5. The first-order chi connectivity index (χ1) is 8.48. The standard InChI is InChI=1S/C14H10F3N/c15-14(16,17)12-8-6-11(7-9-12)13(18)10-4-2-1-3-5-10/h1-9,18H. The van der Waals surface area contributed by atoms with Gasteiger partial charge in [-0.15, -0.1) is 0 Å². The van der Waals surface area contributed by atoms with E-state index in [-0.39, 0.29) is 5.71 Å². The number of hydrogen-bond donors (Lipinski definition) is 1. The molecular weight excluding hydrogens is 239 g/mol. The van der Waals surface area contributed by atoms with Crippen LogP contribution < -0.4 is 0 Å². The lowest BCUT2D eigenvalue weighted by molar-refractivity contribution is -0.137. The van der Waals surface area contributed by atoms with Crippen molar-refractivity contribution in [1.29, 1.82) is 5.41 Å². The first-order valence-corrected chi connectivity index (χ1v) is 5.30. The van der Waals surface area contributed by atoms with Crippen LogP contribution in [0.2, 0.25) is 0 Å². The van der Waals surface area contributed by atoms with Crippen LogP contribution in [0.3, 0.4) is 0 Å². The van der Waals surface area contributed by atoms with Gasteiger partial charge in [0.1, 0.15) is 0 Å². The largest absolute Gasteiger partial charge is 0.416 e. The monoisotopic (exact) mass is 249 g/mol. The van der Waals surface area contributed by atoms with Gasteiger partial charge in [-0.3, -0.25) is 5.41 Å². The molecule has 18 heavy (non-hydrogen) atoms. The maximum absolute atomic E-state index is 12.4. The fraction of sp³-hybridized carbons (Fsp3) is 0.0714. The van der Waals surface area contributed by atoms with E-state index in [1.165, 1.54) is 12.1 Å². The molecule has 1 nitrogen and oxygen atoms in total. The number of benzene rings is 2. The molecule has 0 atom stereocenters. The molecule has 0 aromatic heterocycles. The predicted octanol–water partition coefficient (Wildman–Crippen LogP) is 4.12. The molecule has 0 amide bonds. The second-order valence-corrected chi connectivity index (χ2v) is 3.82. The summed E-state index contributed by atoms with van der Waals surface area (Å²) in [6.45, 7) is 0. The molecule has 1 N–H and O–H groups in total. The van der Waals surface area contributed by atoms with E-state index in [0.29, 0.717) is 11.1 Å². The van der Waals surface area contributed by atoms with Crippen LogP contribution in [0, 0.1) is 5.41 Å². The van der Waals surface area contributed by atoms with Crippen molar-refractivity contribution in [3.05, 3.63) is 71.3 Å². The van der Waals surface area contributed by atoms with Crippen molar-refractivity contribution < 1.29 is 13.2 Å². The lowest BCUT2D eigenvalue weighted by Gasteiger charge is -2.08. The second kappa shape index (κ2) is 4.64. The van der Waals surface area contributed by atoms with E-state index in [2.05, 4.69) is 0 Å². The molecule has 0 spiro atoms. The fourth-order valence-corrected chi connectivity index (χ4v) is 1.60. The van der Waals surface area contributed by atoms with Gasteiger partial charge in [-0.25, -0.2) is 0 Å².